The average molecular weight is 283 g/mol. The minimum atomic E-state index is -2.79. The molecule has 0 fully saturated rings. The third kappa shape index (κ3) is 16.2. The average Bonchev–Trinajstić information content (AvgIpc) is 2.24. The van der Waals surface area contributed by atoms with E-state index in [0.717, 1.165) is 44.9 Å². The molecule has 0 atom stereocenters. The topological polar surface area (TPSA) is 55.4 Å². The van der Waals surface area contributed by atoms with Crippen molar-refractivity contribution in [1.29, 1.82) is 0 Å². The minimum absolute atomic E-state index is 0.284. The van der Waals surface area contributed by atoms with Crippen LogP contribution in [0.2, 0.25) is 0 Å². The molecule has 4 nitrogen and oxygen atoms in total. The number of unbranched alkanes of at least 4 members (excludes halogenated alkanes) is 1. The lowest BCUT2D eigenvalue weighted by atomic mass is 10.3. The normalized spacial score (nSPS) is 11.9. The maximum Gasteiger partial charge on any atom is 0.148 e. The van der Waals surface area contributed by atoms with Crippen molar-refractivity contribution in [2.45, 2.75) is 19.8 Å². The third-order valence-corrected chi connectivity index (χ3v) is 4.31. The van der Waals surface area contributed by atoms with E-state index < -0.39 is 9.84 Å². The first-order valence-corrected chi connectivity index (χ1v) is 9.31. The van der Waals surface area contributed by atoms with E-state index >= 15 is 0 Å². The van der Waals surface area contributed by atoms with Gasteiger partial charge in [-0.3, -0.25) is 0 Å². The molecule has 0 radical (unpaired) electrons. The molecule has 0 saturated carbocycles. The Kier molecular flexibility index (Phi) is 11.5. The van der Waals surface area contributed by atoms with Gasteiger partial charge in [-0.25, -0.2) is 8.42 Å². The van der Waals surface area contributed by atoms with Crippen LogP contribution in [0.25, 0.3) is 0 Å². The molecule has 17 heavy (non-hydrogen) atoms. The first-order valence-electron chi connectivity index (χ1n) is 6.10. The van der Waals surface area contributed by atoms with Gasteiger partial charge in [0.2, 0.25) is 0 Å². The Labute approximate surface area is 110 Å². The Morgan fingerprint density at radius 1 is 1.18 bits per heavy atom. The summed E-state index contributed by atoms with van der Waals surface area (Å²) in [7, 11) is -2.79. The number of ether oxygens (including phenoxy) is 1. The number of thioether (sulfide) groups is 1. The molecule has 1 N–H and O–H groups in total. The van der Waals surface area contributed by atoms with E-state index in [-0.39, 0.29) is 5.75 Å². The lowest BCUT2D eigenvalue weighted by molar-refractivity contribution is 0.143. The van der Waals surface area contributed by atoms with Gasteiger partial charge in [0.15, 0.2) is 0 Å². The summed E-state index contributed by atoms with van der Waals surface area (Å²) in [5.41, 5.74) is 0. The molecule has 0 aliphatic rings. The second-order valence-corrected chi connectivity index (χ2v) is 7.38. The zero-order valence-corrected chi connectivity index (χ0v) is 12.5. The van der Waals surface area contributed by atoms with Crippen molar-refractivity contribution in [2.75, 3.05) is 49.8 Å². The Morgan fingerprint density at radius 2 is 1.94 bits per heavy atom. The molecular weight excluding hydrogens is 258 g/mol. The molecule has 0 rings (SSSR count). The summed E-state index contributed by atoms with van der Waals surface area (Å²) in [4.78, 5) is 0. The minimum Gasteiger partial charge on any atom is -0.382 e. The van der Waals surface area contributed by atoms with Gasteiger partial charge in [0.05, 0.1) is 5.75 Å². The Morgan fingerprint density at radius 3 is 2.59 bits per heavy atom. The Balaban J connectivity index is 3.04. The predicted molar refractivity (Wildman–Crippen MR) is 75.6 cm³/mol. The van der Waals surface area contributed by atoms with Crippen LogP contribution in [0.15, 0.2) is 0 Å². The zero-order chi connectivity index (χ0) is 13.0. The van der Waals surface area contributed by atoms with Crippen LogP contribution >= 0.6 is 11.8 Å². The van der Waals surface area contributed by atoms with Crippen LogP contribution in [-0.2, 0) is 14.6 Å². The fraction of sp³-hybridized carbons (Fsp3) is 1.00. The van der Waals surface area contributed by atoms with Crippen LogP contribution < -0.4 is 5.32 Å². The number of hydrogen-bond acceptors (Lipinski definition) is 5. The van der Waals surface area contributed by atoms with Gasteiger partial charge in [0, 0.05) is 37.5 Å². The van der Waals surface area contributed by atoms with Gasteiger partial charge >= 0.3 is 0 Å². The molecule has 6 heteroatoms. The van der Waals surface area contributed by atoms with E-state index in [9.17, 15) is 8.42 Å². The zero-order valence-electron chi connectivity index (χ0n) is 10.9. The number of rotatable bonds is 12. The standard InChI is InChI=1S/C11H25NO3S2/c1-3-15-8-5-4-6-12-7-9-16-10-11-17(2,13)14/h12H,3-11H2,1-2H3. The summed E-state index contributed by atoms with van der Waals surface area (Å²) in [5, 5.41) is 3.33. The smallest absolute Gasteiger partial charge is 0.148 e. The SMILES string of the molecule is CCOCCCCNCCSCCS(C)(=O)=O. The van der Waals surface area contributed by atoms with Crippen molar-refractivity contribution < 1.29 is 13.2 Å². The molecule has 0 saturated heterocycles. The number of sulfone groups is 1. The van der Waals surface area contributed by atoms with Crippen LogP contribution in [0.1, 0.15) is 19.8 Å². The largest absolute Gasteiger partial charge is 0.382 e. The van der Waals surface area contributed by atoms with Crippen LogP contribution in [0.4, 0.5) is 0 Å². The predicted octanol–water partition coefficient (Wildman–Crippen LogP) is 1.17. The molecule has 0 bridgehead atoms. The van der Waals surface area contributed by atoms with Crippen molar-refractivity contribution in [3.63, 3.8) is 0 Å². The van der Waals surface area contributed by atoms with E-state index in [1.54, 1.807) is 11.8 Å². The highest BCUT2D eigenvalue weighted by molar-refractivity contribution is 8.00. The van der Waals surface area contributed by atoms with Gasteiger partial charge in [-0.15, -0.1) is 0 Å². The third-order valence-electron chi connectivity index (χ3n) is 2.12. The van der Waals surface area contributed by atoms with Crippen molar-refractivity contribution in [3.8, 4) is 0 Å². The molecule has 0 aromatic rings. The fourth-order valence-corrected chi connectivity index (χ4v) is 3.36. The van der Waals surface area contributed by atoms with E-state index in [2.05, 4.69) is 5.32 Å². The number of nitrogens with one attached hydrogen (secondary N) is 1. The molecular formula is C11H25NO3S2. The van der Waals surface area contributed by atoms with E-state index in [1.165, 1.54) is 6.26 Å². The molecule has 0 unspecified atom stereocenters. The lowest BCUT2D eigenvalue weighted by Gasteiger charge is -2.04. The first-order chi connectivity index (χ1) is 8.06. The quantitative estimate of drug-likeness (QED) is 0.545. The highest BCUT2D eigenvalue weighted by Crippen LogP contribution is 1.99. The van der Waals surface area contributed by atoms with E-state index in [1.807, 2.05) is 6.92 Å². The summed E-state index contributed by atoms with van der Waals surface area (Å²) < 4.78 is 26.9. The van der Waals surface area contributed by atoms with Crippen LogP contribution in [-0.4, -0.2) is 58.2 Å². The van der Waals surface area contributed by atoms with Crippen molar-refractivity contribution in [1.82, 2.24) is 5.32 Å². The maximum atomic E-state index is 10.9. The highest BCUT2D eigenvalue weighted by Gasteiger charge is 2.00. The van der Waals surface area contributed by atoms with Gasteiger partial charge in [-0.05, 0) is 26.3 Å². The van der Waals surface area contributed by atoms with Gasteiger partial charge in [-0.1, -0.05) is 0 Å². The Bertz CT molecular complexity index is 255. The summed E-state index contributed by atoms with van der Waals surface area (Å²) in [6, 6.07) is 0. The van der Waals surface area contributed by atoms with Gasteiger partial charge in [0.1, 0.15) is 9.84 Å². The summed E-state index contributed by atoms with van der Waals surface area (Å²) in [6.45, 7) is 5.61. The summed E-state index contributed by atoms with van der Waals surface area (Å²) in [5.74, 6) is 1.96. The Hall–Kier alpha value is 0.220. The molecule has 0 spiro atoms. The molecule has 0 heterocycles. The lowest BCUT2D eigenvalue weighted by Crippen LogP contribution is -2.19. The monoisotopic (exact) mass is 283 g/mol. The highest BCUT2D eigenvalue weighted by atomic mass is 32.2. The summed E-state index contributed by atoms with van der Waals surface area (Å²) >= 11 is 1.69. The maximum absolute atomic E-state index is 10.9. The molecule has 104 valence electrons. The number of hydrogen-bond donors (Lipinski definition) is 1. The molecule has 0 amide bonds. The van der Waals surface area contributed by atoms with Gasteiger partial charge in [0.25, 0.3) is 0 Å². The second kappa shape index (κ2) is 11.3. The van der Waals surface area contributed by atoms with Crippen LogP contribution in [0.5, 0.6) is 0 Å². The van der Waals surface area contributed by atoms with Gasteiger partial charge < -0.3 is 10.1 Å². The van der Waals surface area contributed by atoms with Crippen LogP contribution in [0.3, 0.4) is 0 Å². The second-order valence-electron chi connectivity index (χ2n) is 3.90. The molecule has 0 aliphatic carbocycles. The first kappa shape index (κ1) is 17.2. The van der Waals surface area contributed by atoms with Crippen LogP contribution in [0, 0.1) is 0 Å². The molecule has 0 aromatic carbocycles. The van der Waals surface area contributed by atoms with E-state index in [4.69, 9.17) is 4.74 Å². The van der Waals surface area contributed by atoms with Gasteiger partial charge in [-0.2, -0.15) is 11.8 Å². The molecule has 0 aliphatic heterocycles. The van der Waals surface area contributed by atoms with E-state index in [0.29, 0.717) is 5.75 Å². The van der Waals surface area contributed by atoms with Crippen molar-refractivity contribution in [2.24, 2.45) is 0 Å². The van der Waals surface area contributed by atoms with Crippen molar-refractivity contribution >= 4 is 21.6 Å². The molecule has 0 aromatic heterocycles. The summed E-state index contributed by atoms with van der Waals surface area (Å²) in [6.07, 6.45) is 3.51. The van der Waals surface area contributed by atoms with Crippen molar-refractivity contribution in [3.05, 3.63) is 0 Å². The fourth-order valence-electron chi connectivity index (χ4n) is 1.18.